The molecule has 1 fully saturated rings. The highest BCUT2D eigenvalue weighted by molar-refractivity contribution is 5.91. The number of allylic oxidation sites excluding steroid dienone is 1. The SMILES string of the molecule is C/C=C/C(CC1CCNC1=O)NC(=O)Nc1ccccc1Oc1ccccc1. The molecule has 1 heterocycles. The topological polar surface area (TPSA) is 79.5 Å². The molecule has 3 amide bonds. The summed E-state index contributed by atoms with van der Waals surface area (Å²) >= 11 is 0. The highest BCUT2D eigenvalue weighted by atomic mass is 16.5. The van der Waals surface area contributed by atoms with Crippen molar-refractivity contribution >= 4 is 17.6 Å². The largest absolute Gasteiger partial charge is 0.455 e. The van der Waals surface area contributed by atoms with Crippen molar-refractivity contribution in [2.24, 2.45) is 5.92 Å². The molecule has 0 aliphatic carbocycles. The summed E-state index contributed by atoms with van der Waals surface area (Å²) in [7, 11) is 0. The Hall–Kier alpha value is -3.28. The Balaban J connectivity index is 1.64. The van der Waals surface area contributed by atoms with Gasteiger partial charge in [-0.15, -0.1) is 0 Å². The molecule has 1 saturated heterocycles. The van der Waals surface area contributed by atoms with E-state index in [1.165, 1.54) is 0 Å². The Bertz CT molecular complexity index is 836. The predicted molar refractivity (Wildman–Crippen MR) is 109 cm³/mol. The van der Waals surface area contributed by atoms with E-state index in [4.69, 9.17) is 4.74 Å². The molecular formula is C22H25N3O3. The van der Waals surface area contributed by atoms with Crippen LogP contribution in [0.3, 0.4) is 0 Å². The Morgan fingerprint density at radius 1 is 1.21 bits per heavy atom. The highest BCUT2D eigenvalue weighted by Crippen LogP contribution is 2.29. The van der Waals surface area contributed by atoms with Crippen molar-refractivity contribution < 1.29 is 14.3 Å². The van der Waals surface area contributed by atoms with E-state index in [0.29, 0.717) is 30.2 Å². The number of carbonyl (C=O) groups excluding carboxylic acids is 2. The van der Waals surface area contributed by atoms with Crippen molar-refractivity contribution in [2.45, 2.75) is 25.8 Å². The zero-order valence-corrected chi connectivity index (χ0v) is 15.9. The molecule has 0 aromatic heterocycles. The van der Waals surface area contributed by atoms with Gasteiger partial charge in [-0.25, -0.2) is 4.79 Å². The van der Waals surface area contributed by atoms with E-state index in [1.54, 1.807) is 12.1 Å². The van der Waals surface area contributed by atoms with Crippen LogP contribution in [0.25, 0.3) is 0 Å². The fourth-order valence-electron chi connectivity index (χ4n) is 3.20. The lowest BCUT2D eigenvalue weighted by atomic mass is 9.98. The third-order valence-corrected chi connectivity index (χ3v) is 4.55. The number of anilines is 1. The molecule has 146 valence electrons. The third kappa shape index (κ3) is 5.36. The zero-order chi connectivity index (χ0) is 19.8. The van der Waals surface area contributed by atoms with Crippen LogP contribution in [-0.2, 0) is 4.79 Å². The second kappa shape index (κ2) is 9.60. The molecule has 1 aliphatic heterocycles. The first kappa shape index (κ1) is 19.5. The van der Waals surface area contributed by atoms with Gasteiger partial charge in [0.15, 0.2) is 5.75 Å². The lowest BCUT2D eigenvalue weighted by Gasteiger charge is -2.19. The van der Waals surface area contributed by atoms with Crippen LogP contribution in [0, 0.1) is 5.92 Å². The van der Waals surface area contributed by atoms with Crippen molar-refractivity contribution in [2.75, 3.05) is 11.9 Å². The Morgan fingerprint density at radius 3 is 2.68 bits per heavy atom. The number of nitrogens with one attached hydrogen (secondary N) is 3. The maximum absolute atomic E-state index is 12.5. The van der Waals surface area contributed by atoms with Crippen LogP contribution in [0.2, 0.25) is 0 Å². The van der Waals surface area contributed by atoms with Gasteiger partial charge >= 0.3 is 6.03 Å². The van der Waals surface area contributed by atoms with Crippen molar-refractivity contribution in [3.8, 4) is 11.5 Å². The molecule has 6 nitrogen and oxygen atoms in total. The van der Waals surface area contributed by atoms with Crippen LogP contribution in [0.5, 0.6) is 11.5 Å². The predicted octanol–water partition coefficient (Wildman–Crippen LogP) is 4.07. The van der Waals surface area contributed by atoms with Crippen LogP contribution < -0.4 is 20.7 Å². The van der Waals surface area contributed by atoms with Gasteiger partial charge < -0.3 is 20.7 Å². The number of carbonyl (C=O) groups is 2. The molecule has 28 heavy (non-hydrogen) atoms. The van der Waals surface area contributed by atoms with Crippen molar-refractivity contribution in [1.82, 2.24) is 10.6 Å². The Morgan fingerprint density at radius 2 is 1.96 bits per heavy atom. The van der Waals surface area contributed by atoms with E-state index < -0.39 is 0 Å². The summed E-state index contributed by atoms with van der Waals surface area (Å²) in [6, 6.07) is 16.1. The molecule has 0 saturated carbocycles. The fourth-order valence-corrected chi connectivity index (χ4v) is 3.20. The molecule has 0 radical (unpaired) electrons. The maximum Gasteiger partial charge on any atom is 0.319 e. The lowest BCUT2D eigenvalue weighted by Crippen LogP contribution is -2.39. The normalized spacial score (nSPS) is 17.2. The van der Waals surface area contributed by atoms with Gasteiger partial charge in [-0.1, -0.05) is 42.5 Å². The van der Waals surface area contributed by atoms with Gasteiger partial charge in [-0.2, -0.15) is 0 Å². The van der Waals surface area contributed by atoms with Gasteiger partial charge in [-0.05, 0) is 44.0 Å². The fraction of sp³-hybridized carbons (Fsp3) is 0.273. The minimum Gasteiger partial charge on any atom is -0.455 e. The molecule has 3 rings (SSSR count). The van der Waals surface area contributed by atoms with E-state index in [-0.39, 0.29) is 23.9 Å². The second-order valence-corrected chi connectivity index (χ2v) is 6.65. The van der Waals surface area contributed by atoms with Crippen LogP contribution in [0.15, 0.2) is 66.7 Å². The van der Waals surface area contributed by atoms with Gasteiger partial charge in [-0.3, -0.25) is 4.79 Å². The minimum atomic E-state index is -0.342. The summed E-state index contributed by atoms with van der Waals surface area (Å²) in [5, 5.41) is 8.61. The third-order valence-electron chi connectivity index (χ3n) is 4.55. The molecule has 0 bridgehead atoms. The Labute approximate surface area is 165 Å². The van der Waals surface area contributed by atoms with E-state index in [1.807, 2.05) is 61.5 Å². The monoisotopic (exact) mass is 379 g/mol. The zero-order valence-electron chi connectivity index (χ0n) is 15.9. The second-order valence-electron chi connectivity index (χ2n) is 6.65. The van der Waals surface area contributed by atoms with Crippen molar-refractivity contribution in [1.29, 1.82) is 0 Å². The number of ether oxygens (including phenoxy) is 1. The lowest BCUT2D eigenvalue weighted by molar-refractivity contribution is -0.122. The average molecular weight is 379 g/mol. The summed E-state index contributed by atoms with van der Waals surface area (Å²) in [5.74, 6) is 1.23. The van der Waals surface area contributed by atoms with E-state index in [2.05, 4.69) is 16.0 Å². The van der Waals surface area contributed by atoms with Gasteiger partial charge in [0.05, 0.1) is 5.69 Å². The first-order valence-electron chi connectivity index (χ1n) is 9.45. The van der Waals surface area contributed by atoms with E-state index >= 15 is 0 Å². The van der Waals surface area contributed by atoms with Gasteiger partial charge in [0, 0.05) is 18.5 Å². The molecule has 2 unspecified atom stereocenters. The molecule has 6 heteroatoms. The number of hydrogen-bond donors (Lipinski definition) is 3. The van der Waals surface area contributed by atoms with Crippen molar-refractivity contribution in [3.63, 3.8) is 0 Å². The molecular weight excluding hydrogens is 354 g/mol. The summed E-state index contributed by atoms with van der Waals surface area (Å²) < 4.78 is 5.88. The molecule has 3 N–H and O–H groups in total. The molecule has 2 aromatic carbocycles. The molecule has 1 aliphatic rings. The number of para-hydroxylation sites is 3. The van der Waals surface area contributed by atoms with E-state index in [0.717, 1.165) is 6.42 Å². The molecule has 2 atom stereocenters. The summed E-state index contributed by atoms with van der Waals surface area (Å²) in [6.07, 6.45) is 5.15. The Kier molecular flexibility index (Phi) is 6.68. The van der Waals surface area contributed by atoms with Crippen molar-refractivity contribution in [3.05, 3.63) is 66.7 Å². The minimum absolute atomic E-state index is 0.0540. The first-order valence-corrected chi connectivity index (χ1v) is 9.45. The van der Waals surface area contributed by atoms with Crippen LogP contribution in [0.1, 0.15) is 19.8 Å². The van der Waals surface area contributed by atoms with Gasteiger partial charge in [0.2, 0.25) is 5.91 Å². The number of benzene rings is 2. The van der Waals surface area contributed by atoms with Crippen LogP contribution >= 0.6 is 0 Å². The van der Waals surface area contributed by atoms with E-state index in [9.17, 15) is 9.59 Å². The number of amides is 3. The summed E-state index contributed by atoms with van der Waals surface area (Å²) in [4.78, 5) is 24.4. The number of urea groups is 1. The summed E-state index contributed by atoms with van der Waals surface area (Å²) in [5.41, 5.74) is 0.571. The van der Waals surface area contributed by atoms with Gasteiger partial charge in [0.1, 0.15) is 5.75 Å². The number of rotatable bonds is 7. The quantitative estimate of drug-likeness (QED) is 0.635. The van der Waals surface area contributed by atoms with Crippen LogP contribution in [-0.4, -0.2) is 24.5 Å². The first-order chi connectivity index (χ1) is 13.7. The summed E-state index contributed by atoms with van der Waals surface area (Å²) in [6.45, 7) is 2.59. The standard InChI is InChI=1S/C22H25N3O3/c1-2-8-17(15-16-13-14-23-21(16)26)24-22(27)25-19-11-6-7-12-20(19)28-18-9-4-3-5-10-18/h2-12,16-17H,13-15H2,1H3,(H,23,26)(H2,24,25,27)/b8-2+. The smallest absolute Gasteiger partial charge is 0.319 e. The number of hydrogen-bond acceptors (Lipinski definition) is 3. The average Bonchev–Trinajstić information content (AvgIpc) is 3.09. The van der Waals surface area contributed by atoms with Crippen LogP contribution in [0.4, 0.5) is 10.5 Å². The highest BCUT2D eigenvalue weighted by Gasteiger charge is 2.27. The van der Waals surface area contributed by atoms with Gasteiger partial charge in [0.25, 0.3) is 0 Å². The maximum atomic E-state index is 12.5. The molecule has 0 spiro atoms. The molecule has 2 aromatic rings.